The van der Waals surface area contributed by atoms with Crippen molar-refractivity contribution in [3.63, 3.8) is 0 Å². The first kappa shape index (κ1) is 21.5. The summed E-state index contributed by atoms with van der Waals surface area (Å²) in [7, 11) is 0. The number of anilines is 1. The molecular weight excluding hydrogens is 441 g/mol. The number of ether oxygens (including phenoxy) is 1. The number of hydrogen-bond acceptors (Lipinski definition) is 5. The smallest absolute Gasteiger partial charge is 0.409 e. The largest absolute Gasteiger partial charge is 0.450 e. The van der Waals surface area contributed by atoms with Crippen LogP contribution in [-0.4, -0.2) is 64.4 Å². The number of rotatable bonds is 3. The summed E-state index contributed by atoms with van der Waals surface area (Å²) in [6.45, 7) is 5.68. The summed E-state index contributed by atoms with van der Waals surface area (Å²) < 4.78 is 6.84. The van der Waals surface area contributed by atoms with Gasteiger partial charge < -0.3 is 19.9 Å². The highest BCUT2D eigenvalue weighted by Gasteiger charge is 2.36. The van der Waals surface area contributed by atoms with Gasteiger partial charge in [0.15, 0.2) is 0 Å². The van der Waals surface area contributed by atoms with Gasteiger partial charge in [0.1, 0.15) is 11.9 Å². The molecule has 164 valence electrons. The maximum absolute atomic E-state index is 13.6. The highest BCUT2D eigenvalue weighted by atomic mass is 35.5. The molecule has 0 aliphatic carbocycles. The van der Waals surface area contributed by atoms with Crippen molar-refractivity contribution in [2.45, 2.75) is 19.9 Å². The number of fused-ring (bicyclic) bond motifs is 1. The van der Waals surface area contributed by atoms with E-state index in [1.807, 2.05) is 19.1 Å². The van der Waals surface area contributed by atoms with Crippen LogP contribution in [0.4, 0.5) is 10.6 Å². The number of amides is 2. The summed E-state index contributed by atoms with van der Waals surface area (Å²) in [5, 5.41) is 8.57. The molecule has 1 aromatic carbocycles. The highest BCUT2D eigenvalue weighted by molar-refractivity contribution is 6.42. The van der Waals surface area contributed by atoms with E-state index in [4.69, 9.17) is 27.9 Å². The van der Waals surface area contributed by atoms with E-state index in [1.54, 1.807) is 39.7 Å². The maximum atomic E-state index is 13.6. The minimum Gasteiger partial charge on any atom is -0.450 e. The Morgan fingerprint density at radius 2 is 1.84 bits per heavy atom. The van der Waals surface area contributed by atoms with Gasteiger partial charge in [-0.25, -0.2) is 9.48 Å². The Morgan fingerprint density at radius 1 is 1.13 bits per heavy atom. The standard InChI is InChI=1S/C21H23Cl2N5O3/c1-3-31-21(30)27-10-8-26(9-11-27)20(29)18-13(2)25-17-6-7-24-28(17)19(18)14-4-5-15(22)16(23)12-14/h4-7,12,19,25H,3,8-11H2,1-2H3. The third-order valence-electron chi connectivity index (χ3n) is 5.49. The molecule has 10 heteroatoms. The summed E-state index contributed by atoms with van der Waals surface area (Å²) in [6, 6.07) is 6.75. The Bertz CT molecular complexity index is 1040. The lowest BCUT2D eigenvalue weighted by Crippen LogP contribution is -2.52. The van der Waals surface area contributed by atoms with Crippen LogP contribution in [0.2, 0.25) is 10.0 Å². The van der Waals surface area contributed by atoms with Crippen LogP contribution >= 0.6 is 23.2 Å². The number of halogens is 2. The van der Waals surface area contributed by atoms with Gasteiger partial charge in [0.05, 0.1) is 28.4 Å². The number of nitrogens with one attached hydrogen (secondary N) is 1. The van der Waals surface area contributed by atoms with E-state index in [9.17, 15) is 9.59 Å². The number of allylic oxidation sites excluding steroid dienone is 1. The van der Waals surface area contributed by atoms with Gasteiger partial charge in [-0.3, -0.25) is 4.79 Å². The minimum atomic E-state index is -0.448. The Balaban J connectivity index is 1.63. The molecule has 0 saturated carbocycles. The highest BCUT2D eigenvalue weighted by Crippen LogP contribution is 2.38. The zero-order valence-electron chi connectivity index (χ0n) is 17.3. The van der Waals surface area contributed by atoms with Crippen molar-refractivity contribution in [1.82, 2.24) is 19.6 Å². The fourth-order valence-electron chi connectivity index (χ4n) is 3.95. The maximum Gasteiger partial charge on any atom is 0.409 e. The second-order valence-electron chi connectivity index (χ2n) is 7.38. The molecule has 1 unspecified atom stereocenters. The molecule has 8 nitrogen and oxygen atoms in total. The number of carbonyl (C=O) groups excluding carboxylic acids is 2. The second kappa shape index (κ2) is 8.80. The van der Waals surface area contributed by atoms with Gasteiger partial charge in [-0.2, -0.15) is 5.10 Å². The van der Waals surface area contributed by atoms with Gasteiger partial charge in [-0.1, -0.05) is 29.3 Å². The summed E-state index contributed by atoms with van der Waals surface area (Å²) in [5.74, 6) is 0.683. The number of aromatic nitrogens is 2. The summed E-state index contributed by atoms with van der Waals surface area (Å²) >= 11 is 12.4. The molecule has 4 rings (SSSR count). The van der Waals surface area contributed by atoms with E-state index in [0.29, 0.717) is 48.4 Å². The summed E-state index contributed by atoms with van der Waals surface area (Å²) in [4.78, 5) is 29.0. The van der Waals surface area contributed by atoms with Crippen molar-refractivity contribution in [3.05, 3.63) is 57.3 Å². The van der Waals surface area contributed by atoms with E-state index in [2.05, 4.69) is 10.4 Å². The van der Waals surface area contributed by atoms with Gasteiger partial charge in [0.25, 0.3) is 5.91 Å². The predicted octanol–water partition coefficient (Wildman–Crippen LogP) is 3.78. The van der Waals surface area contributed by atoms with Crippen molar-refractivity contribution in [2.75, 3.05) is 38.1 Å². The number of nitrogens with zero attached hydrogens (tertiary/aromatic N) is 4. The van der Waals surface area contributed by atoms with Gasteiger partial charge >= 0.3 is 6.09 Å². The first-order chi connectivity index (χ1) is 14.9. The molecule has 2 aliphatic heterocycles. The van der Waals surface area contributed by atoms with E-state index in [0.717, 1.165) is 17.1 Å². The van der Waals surface area contributed by atoms with Crippen molar-refractivity contribution >= 4 is 41.0 Å². The topological polar surface area (TPSA) is 79.7 Å². The Hall–Kier alpha value is -2.71. The third-order valence-corrected chi connectivity index (χ3v) is 6.23. The molecule has 0 bridgehead atoms. The zero-order chi connectivity index (χ0) is 22.1. The van der Waals surface area contributed by atoms with Crippen LogP contribution in [0.25, 0.3) is 0 Å². The van der Waals surface area contributed by atoms with Crippen LogP contribution in [0, 0.1) is 0 Å². The molecular formula is C21H23Cl2N5O3. The molecule has 1 atom stereocenters. The molecule has 1 fully saturated rings. The fraction of sp³-hybridized carbons (Fsp3) is 0.381. The van der Waals surface area contributed by atoms with E-state index in [1.165, 1.54) is 0 Å². The summed E-state index contributed by atoms with van der Waals surface area (Å²) in [6.07, 6.45) is 1.34. The lowest BCUT2D eigenvalue weighted by Gasteiger charge is -2.37. The van der Waals surface area contributed by atoms with Gasteiger partial charge in [-0.15, -0.1) is 0 Å². The first-order valence-electron chi connectivity index (χ1n) is 10.1. The predicted molar refractivity (Wildman–Crippen MR) is 118 cm³/mol. The Kier molecular flexibility index (Phi) is 6.11. The lowest BCUT2D eigenvalue weighted by molar-refractivity contribution is -0.129. The molecule has 0 spiro atoms. The van der Waals surface area contributed by atoms with Gasteiger partial charge in [0, 0.05) is 37.9 Å². The molecule has 3 heterocycles. The normalized spacial score (nSPS) is 18.5. The van der Waals surface area contributed by atoms with Crippen molar-refractivity contribution < 1.29 is 14.3 Å². The van der Waals surface area contributed by atoms with Crippen LogP contribution < -0.4 is 5.32 Å². The molecule has 0 radical (unpaired) electrons. The first-order valence-corrected chi connectivity index (χ1v) is 10.8. The van der Waals surface area contributed by atoms with E-state index in [-0.39, 0.29) is 12.0 Å². The van der Waals surface area contributed by atoms with Crippen molar-refractivity contribution in [1.29, 1.82) is 0 Å². The SMILES string of the molecule is CCOC(=O)N1CCN(C(=O)C2=C(C)Nc3ccnn3C2c2ccc(Cl)c(Cl)c2)CC1. The van der Waals surface area contributed by atoms with E-state index < -0.39 is 6.04 Å². The molecule has 1 aromatic heterocycles. The Labute approximate surface area is 190 Å². The van der Waals surface area contributed by atoms with Gasteiger partial charge in [0.2, 0.25) is 0 Å². The van der Waals surface area contributed by atoms with Crippen LogP contribution in [0.1, 0.15) is 25.5 Å². The quantitative estimate of drug-likeness (QED) is 0.748. The van der Waals surface area contributed by atoms with Crippen LogP contribution in [0.5, 0.6) is 0 Å². The molecule has 2 amide bonds. The number of piperazine rings is 1. The minimum absolute atomic E-state index is 0.106. The van der Waals surface area contributed by atoms with Crippen LogP contribution in [0.15, 0.2) is 41.7 Å². The average Bonchev–Trinajstić information content (AvgIpc) is 3.22. The summed E-state index contributed by atoms with van der Waals surface area (Å²) in [5.41, 5.74) is 2.15. The molecule has 1 N–H and O–H groups in total. The fourth-order valence-corrected chi connectivity index (χ4v) is 4.26. The average molecular weight is 464 g/mol. The van der Waals surface area contributed by atoms with E-state index >= 15 is 0 Å². The molecule has 2 aromatic rings. The lowest BCUT2D eigenvalue weighted by atomic mass is 9.94. The molecule has 31 heavy (non-hydrogen) atoms. The molecule has 1 saturated heterocycles. The van der Waals surface area contributed by atoms with Crippen molar-refractivity contribution in [3.8, 4) is 0 Å². The number of benzene rings is 1. The monoisotopic (exact) mass is 463 g/mol. The molecule has 2 aliphatic rings. The Morgan fingerprint density at radius 3 is 2.52 bits per heavy atom. The van der Waals surface area contributed by atoms with Crippen LogP contribution in [0.3, 0.4) is 0 Å². The number of hydrogen-bond donors (Lipinski definition) is 1. The number of carbonyl (C=O) groups is 2. The van der Waals surface area contributed by atoms with Crippen LogP contribution in [-0.2, 0) is 9.53 Å². The van der Waals surface area contributed by atoms with Gasteiger partial charge in [-0.05, 0) is 31.5 Å². The van der Waals surface area contributed by atoms with Crippen molar-refractivity contribution in [2.24, 2.45) is 0 Å². The third kappa shape index (κ3) is 4.09. The zero-order valence-corrected chi connectivity index (χ0v) is 18.8. The second-order valence-corrected chi connectivity index (χ2v) is 8.19.